The number of rotatable bonds is 7. The van der Waals surface area contributed by atoms with Crippen molar-refractivity contribution in [2.45, 2.75) is 18.4 Å². The average molecular weight is 398 g/mol. The van der Waals surface area contributed by atoms with Gasteiger partial charge in [0.25, 0.3) is 0 Å². The Balaban J connectivity index is 1.83. The first-order valence-electron chi connectivity index (χ1n) is 9.71. The van der Waals surface area contributed by atoms with Crippen molar-refractivity contribution >= 4 is 12.0 Å². The Morgan fingerprint density at radius 2 is 1.76 bits per heavy atom. The standard InChI is InChI=1S/C23H27NO5/c1-26-19-12-10-17(21(27-2)22(19)28-3)11-13-20(25)29-23(14-7-15-24-16-23)18-8-5-4-6-9-18/h4-6,8-13,24H,7,14-16H2,1-3H3/p+1/b13-11+. The van der Waals surface area contributed by atoms with Gasteiger partial charge in [-0.05, 0) is 18.2 Å². The molecule has 0 saturated carbocycles. The summed E-state index contributed by atoms with van der Waals surface area (Å²) in [5.41, 5.74) is 1.12. The Hall–Kier alpha value is -2.99. The van der Waals surface area contributed by atoms with Crippen LogP contribution in [-0.4, -0.2) is 40.4 Å². The molecule has 154 valence electrons. The lowest BCUT2D eigenvalue weighted by atomic mass is 9.86. The Labute approximate surface area is 171 Å². The van der Waals surface area contributed by atoms with E-state index in [0.29, 0.717) is 22.8 Å². The zero-order valence-corrected chi connectivity index (χ0v) is 17.1. The van der Waals surface area contributed by atoms with Gasteiger partial charge in [-0.15, -0.1) is 0 Å². The molecule has 0 spiro atoms. The lowest BCUT2D eigenvalue weighted by Gasteiger charge is -2.34. The van der Waals surface area contributed by atoms with Gasteiger partial charge in [-0.1, -0.05) is 30.3 Å². The summed E-state index contributed by atoms with van der Waals surface area (Å²) in [6.45, 7) is 1.76. The lowest BCUT2D eigenvalue weighted by Crippen LogP contribution is -2.90. The molecule has 29 heavy (non-hydrogen) atoms. The first-order chi connectivity index (χ1) is 14.1. The van der Waals surface area contributed by atoms with E-state index in [2.05, 4.69) is 5.32 Å². The highest BCUT2D eigenvalue weighted by Gasteiger charge is 2.40. The van der Waals surface area contributed by atoms with Crippen LogP contribution in [0.5, 0.6) is 17.2 Å². The number of carbonyl (C=O) groups is 1. The van der Waals surface area contributed by atoms with Gasteiger partial charge in [0.15, 0.2) is 17.1 Å². The lowest BCUT2D eigenvalue weighted by molar-refractivity contribution is -0.678. The number of quaternary nitrogens is 1. The van der Waals surface area contributed by atoms with Crippen molar-refractivity contribution in [3.05, 3.63) is 59.7 Å². The van der Waals surface area contributed by atoms with Gasteiger partial charge in [0.1, 0.15) is 6.54 Å². The van der Waals surface area contributed by atoms with Crippen molar-refractivity contribution in [3.63, 3.8) is 0 Å². The number of methoxy groups -OCH3 is 3. The molecule has 0 amide bonds. The van der Waals surface area contributed by atoms with Crippen LogP contribution < -0.4 is 19.5 Å². The first kappa shape index (κ1) is 20.7. The molecule has 1 atom stereocenters. The van der Waals surface area contributed by atoms with Crippen LogP contribution in [0.25, 0.3) is 6.08 Å². The minimum Gasteiger partial charge on any atom is -0.493 e. The SMILES string of the molecule is COc1ccc(/C=C/C(=O)OC2(c3ccccc3)CCC[NH2+]C2)c(OC)c1OC. The summed E-state index contributed by atoms with van der Waals surface area (Å²) in [7, 11) is 4.66. The molecule has 2 N–H and O–H groups in total. The van der Waals surface area contributed by atoms with Crippen LogP contribution in [0.3, 0.4) is 0 Å². The van der Waals surface area contributed by atoms with Crippen molar-refractivity contribution < 1.29 is 29.1 Å². The molecule has 2 aromatic carbocycles. The van der Waals surface area contributed by atoms with E-state index in [9.17, 15) is 4.79 Å². The smallest absolute Gasteiger partial charge is 0.331 e. The zero-order valence-electron chi connectivity index (χ0n) is 17.1. The molecule has 0 radical (unpaired) electrons. The molecule has 0 aliphatic carbocycles. The summed E-state index contributed by atoms with van der Waals surface area (Å²) >= 11 is 0. The van der Waals surface area contributed by atoms with Crippen LogP contribution >= 0.6 is 0 Å². The van der Waals surface area contributed by atoms with Crippen molar-refractivity contribution in [2.75, 3.05) is 34.4 Å². The van der Waals surface area contributed by atoms with Crippen LogP contribution in [0.15, 0.2) is 48.5 Å². The van der Waals surface area contributed by atoms with Crippen LogP contribution in [0.4, 0.5) is 0 Å². The second kappa shape index (κ2) is 9.47. The number of esters is 1. The fourth-order valence-corrected chi connectivity index (χ4v) is 3.76. The van der Waals surface area contributed by atoms with Crippen LogP contribution in [-0.2, 0) is 15.1 Å². The van der Waals surface area contributed by atoms with Gasteiger partial charge in [-0.2, -0.15) is 0 Å². The molecule has 6 heteroatoms. The molecule has 3 rings (SSSR count). The van der Waals surface area contributed by atoms with Gasteiger partial charge in [0.2, 0.25) is 5.75 Å². The molecule has 1 aliphatic heterocycles. The maximum atomic E-state index is 12.7. The molecule has 6 nitrogen and oxygen atoms in total. The first-order valence-corrected chi connectivity index (χ1v) is 9.71. The van der Waals surface area contributed by atoms with E-state index < -0.39 is 5.60 Å². The van der Waals surface area contributed by atoms with Gasteiger partial charge in [-0.25, -0.2) is 4.79 Å². The molecule has 2 aromatic rings. The van der Waals surface area contributed by atoms with E-state index in [1.807, 2.05) is 36.4 Å². The fraction of sp³-hybridized carbons (Fsp3) is 0.348. The van der Waals surface area contributed by atoms with Crippen molar-refractivity contribution in [1.29, 1.82) is 0 Å². The number of ether oxygens (including phenoxy) is 4. The minimum absolute atomic E-state index is 0.388. The second-order valence-electron chi connectivity index (χ2n) is 6.92. The third-order valence-electron chi connectivity index (χ3n) is 5.19. The number of nitrogens with two attached hydrogens (primary N) is 1. The summed E-state index contributed by atoms with van der Waals surface area (Å²) in [4.78, 5) is 12.7. The largest absolute Gasteiger partial charge is 0.493 e. The third-order valence-corrected chi connectivity index (χ3v) is 5.19. The predicted octanol–water partition coefficient (Wildman–Crippen LogP) is 2.52. The Morgan fingerprint density at radius 1 is 1.00 bits per heavy atom. The molecule has 1 aliphatic rings. The van der Waals surface area contributed by atoms with Crippen molar-refractivity contribution in [1.82, 2.24) is 0 Å². The highest BCUT2D eigenvalue weighted by Crippen LogP contribution is 2.40. The number of piperidine rings is 1. The number of benzene rings is 2. The molecule has 0 bridgehead atoms. The van der Waals surface area contributed by atoms with E-state index in [1.54, 1.807) is 33.5 Å². The summed E-state index contributed by atoms with van der Waals surface area (Å²) in [6, 6.07) is 13.5. The normalized spacial score (nSPS) is 19.0. The van der Waals surface area contributed by atoms with E-state index in [0.717, 1.165) is 31.5 Å². The van der Waals surface area contributed by atoms with E-state index in [-0.39, 0.29) is 5.97 Å². The molecule has 1 fully saturated rings. The van der Waals surface area contributed by atoms with E-state index in [4.69, 9.17) is 18.9 Å². The monoisotopic (exact) mass is 398 g/mol. The van der Waals surface area contributed by atoms with Crippen molar-refractivity contribution in [2.24, 2.45) is 0 Å². The third kappa shape index (κ3) is 4.54. The van der Waals surface area contributed by atoms with Gasteiger partial charge in [-0.3, -0.25) is 0 Å². The van der Waals surface area contributed by atoms with Gasteiger partial charge >= 0.3 is 5.97 Å². The molecular weight excluding hydrogens is 370 g/mol. The minimum atomic E-state index is -0.609. The number of hydrogen-bond acceptors (Lipinski definition) is 5. The number of carbonyl (C=O) groups excluding carboxylic acids is 1. The maximum absolute atomic E-state index is 12.7. The van der Waals surface area contributed by atoms with Crippen LogP contribution in [0.2, 0.25) is 0 Å². The highest BCUT2D eigenvalue weighted by molar-refractivity contribution is 5.88. The summed E-state index contributed by atoms with van der Waals surface area (Å²) in [5.74, 6) is 1.15. The Morgan fingerprint density at radius 3 is 2.38 bits per heavy atom. The molecule has 1 heterocycles. The summed E-state index contributed by atoms with van der Waals surface area (Å²) < 4.78 is 22.2. The number of hydrogen-bond donors (Lipinski definition) is 1. The van der Waals surface area contributed by atoms with E-state index in [1.165, 1.54) is 6.08 Å². The van der Waals surface area contributed by atoms with E-state index >= 15 is 0 Å². The average Bonchev–Trinajstić information content (AvgIpc) is 2.78. The Bertz CT molecular complexity index is 857. The molecule has 1 saturated heterocycles. The highest BCUT2D eigenvalue weighted by atomic mass is 16.6. The predicted molar refractivity (Wildman–Crippen MR) is 110 cm³/mol. The van der Waals surface area contributed by atoms with Gasteiger partial charge in [0.05, 0.1) is 27.9 Å². The van der Waals surface area contributed by atoms with Crippen LogP contribution in [0.1, 0.15) is 24.0 Å². The Kier molecular flexibility index (Phi) is 6.77. The summed E-state index contributed by atoms with van der Waals surface area (Å²) in [6.07, 6.45) is 4.92. The molecule has 0 aromatic heterocycles. The quantitative estimate of drug-likeness (QED) is 0.573. The molecule has 1 unspecified atom stereocenters. The second-order valence-corrected chi connectivity index (χ2v) is 6.92. The zero-order chi connectivity index (χ0) is 20.7. The molecular formula is C23H28NO5+. The van der Waals surface area contributed by atoms with Gasteiger partial charge < -0.3 is 24.3 Å². The fourth-order valence-electron chi connectivity index (χ4n) is 3.76. The van der Waals surface area contributed by atoms with Crippen LogP contribution in [0, 0.1) is 0 Å². The topological polar surface area (TPSA) is 70.6 Å². The maximum Gasteiger partial charge on any atom is 0.331 e. The van der Waals surface area contributed by atoms with Crippen molar-refractivity contribution in [3.8, 4) is 17.2 Å². The summed E-state index contributed by atoms with van der Waals surface area (Å²) in [5, 5.41) is 2.20. The van der Waals surface area contributed by atoms with Gasteiger partial charge in [0, 0.05) is 30.0 Å².